The topological polar surface area (TPSA) is 72.5 Å². The van der Waals surface area contributed by atoms with Gasteiger partial charge in [-0.25, -0.2) is 0 Å². The molecule has 0 bridgehead atoms. The van der Waals surface area contributed by atoms with Crippen LogP contribution in [0.2, 0.25) is 0 Å². The average molecular weight is 259 g/mol. The van der Waals surface area contributed by atoms with Crippen LogP contribution in [-0.4, -0.2) is 20.9 Å². The Morgan fingerprint density at radius 3 is 2.76 bits per heavy atom. The molecule has 92 valence electrons. The van der Waals surface area contributed by atoms with E-state index in [1.165, 1.54) is 12.1 Å². The van der Waals surface area contributed by atoms with Crippen LogP contribution in [0.15, 0.2) is 18.2 Å². The van der Waals surface area contributed by atoms with E-state index in [1.54, 1.807) is 6.07 Å². The van der Waals surface area contributed by atoms with Gasteiger partial charge in [-0.1, -0.05) is 9.95 Å². The van der Waals surface area contributed by atoms with E-state index in [-0.39, 0.29) is 18.1 Å². The SMILES string of the molecule is O=C1Cc2cc(OS(=O)(=O)F)ccc2CCN1. The second-order valence-corrected chi connectivity index (χ2v) is 4.64. The molecule has 1 heterocycles. The summed E-state index contributed by atoms with van der Waals surface area (Å²) in [5.74, 6) is -0.273. The molecule has 17 heavy (non-hydrogen) atoms. The normalized spacial score (nSPS) is 15.7. The number of rotatable bonds is 2. The van der Waals surface area contributed by atoms with Crippen molar-refractivity contribution in [3.05, 3.63) is 29.3 Å². The van der Waals surface area contributed by atoms with Gasteiger partial charge in [0.05, 0.1) is 6.42 Å². The highest BCUT2D eigenvalue weighted by atomic mass is 32.3. The largest absolute Gasteiger partial charge is 0.488 e. The molecule has 0 aliphatic carbocycles. The van der Waals surface area contributed by atoms with Crippen molar-refractivity contribution < 1.29 is 21.3 Å². The molecular weight excluding hydrogens is 249 g/mol. The van der Waals surface area contributed by atoms with E-state index < -0.39 is 10.5 Å². The Morgan fingerprint density at radius 1 is 1.29 bits per heavy atom. The third-order valence-electron chi connectivity index (χ3n) is 2.44. The van der Waals surface area contributed by atoms with Crippen LogP contribution in [-0.2, 0) is 28.1 Å². The van der Waals surface area contributed by atoms with E-state index in [4.69, 9.17) is 0 Å². The van der Waals surface area contributed by atoms with Crippen molar-refractivity contribution in [2.45, 2.75) is 12.8 Å². The lowest BCUT2D eigenvalue weighted by Gasteiger charge is -2.06. The summed E-state index contributed by atoms with van der Waals surface area (Å²) in [4.78, 5) is 11.3. The lowest BCUT2D eigenvalue weighted by molar-refractivity contribution is -0.120. The average Bonchev–Trinajstić information content (AvgIpc) is 2.35. The Kier molecular flexibility index (Phi) is 3.01. The number of amides is 1. The lowest BCUT2D eigenvalue weighted by atomic mass is 10.0. The summed E-state index contributed by atoms with van der Waals surface area (Å²) in [7, 11) is -5.03. The van der Waals surface area contributed by atoms with Crippen LogP contribution in [0.3, 0.4) is 0 Å². The van der Waals surface area contributed by atoms with Crippen LogP contribution >= 0.6 is 0 Å². The highest BCUT2D eigenvalue weighted by Crippen LogP contribution is 2.21. The molecule has 1 aromatic carbocycles. The molecule has 0 saturated heterocycles. The minimum absolute atomic E-state index is 0.124. The van der Waals surface area contributed by atoms with Gasteiger partial charge in [0, 0.05) is 6.54 Å². The summed E-state index contributed by atoms with van der Waals surface area (Å²) in [6.45, 7) is 0.535. The first-order valence-corrected chi connectivity index (χ1v) is 6.27. The predicted octanol–water partition coefficient (Wildman–Crippen LogP) is 0.494. The van der Waals surface area contributed by atoms with E-state index in [1.807, 2.05) is 0 Å². The highest BCUT2D eigenvalue weighted by molar-refractivity contribution is 7.81. The second-order valence-electron chi connectivity index (χ2n) is 3.68. The zero-order chi connectivity index (χ0) is 12.5. The molecule has 7 heteroatoms. The first-order valence-electron chi connectivity index (χ1n) is 4.96. The van der Waals surface area contributed by atoms with Gasteiger partial charge in [-0.2, -0.15) is 8.42 Å². The molecule has 1 N–H and O–H groups in total. The minimum Gasteiger partial charge on any atom is -0.358 e. The number of benzene rings is 1. The third-order valence-corrected chi connectivity index (χ3v) is 2.83. The first kappa shape index (κ1) is 11.8. The Balaban J connectivity index is 2.32. The zero-order valence-electron chi connectivity index (χ0n) is 8.77. The van der Waals surface area contributed by atoms with Gasteiger partial charge in [-0.3, -0.25) is 4.79 Å². The second kappa shape index (κ2) is 4.33. The Labute approximate surface area is 98.0 Å². The maximum atomic E-state index is 12.3. The molecule has 0 atom stereocenters. The Hall–Kier alpha value is -1.63. The number of hydrogen-bond acceptors (Lipinski definition) is 4. The number of carbonyl (C=O) groups excluding carboxylic acids is 1. The standard InChI is InChI=1S/C10H10FNO4S/c11-17(14,15)16-9-2-1-7-3-4-12-10(13)6-8(7)5-9/h1-2,5H,3-4,6H2,(H,12,13). The fourth-order valence-electron chi connectivity index (χ4n) is 1.75. The monoisotopic (exact) mass is 259 g/mol. The van der Waals surface area contributed by atoms with Gasteiger partial charge in [0.2, 0.25) is 5.91 Å². The van der Waals surface area contributed by atoms with E-state index in [9.17, 15) is 17.1 Å². The third kappa shape index (κ3) is 3.16. The molecule has 0 unspecified atom stereocenters. The number of hydrogen-bond donors (Lipinski definition) is 1. The molecular formula is C10H10FNO4S. The van der Waals surface area contributed by atoms with Gasteiger partial charge in [0.1, 0.15) is 5.75 Å². The maximum absolute atomic E-state index is 12.3. The molecule has 0 fully saturated rings. The van der Waals surface area contributed by atoms with Crippen molar-refractivity contribution in [1.82, 2.24) is 5.32 Å². The van der Waals surface area contributed by atoms with Crippen molar-refractivity contribution in [2.24, 2.45) is 0 Å². The number of halogens is 1. The molecule has 0 spiro atoms. The summed E-state index contributed by atoms with van der Waals surface area (Å²) >= 11 is 0. The zero-order valence-corrected chi connectivity index (χ0v) is 9.59. The predicted molar refractivity (Wildman–Crippen MR) is 57.5 cm³/mol. The number of carbonyl (C=O) groups is 1. The van der Waals surface area contributed by atoms with Gasteiger partial charge in [-0.15, -0.1) is 0 Å². The Morgan fingerprint density at radius 2 is 2.06 bits per heavy atom. The van der Waals surface area contributed by atoms with Crippen molar-refractivity contribution in [2.75, 3.05) is 6.54 Å². The van der Waals surface area contributed by atoms with E-state index >= 15 is 0 Å². The number of nitrogens with one attached hydrogen (secondary N) is 1. The van der Waals surface area contributed by atoms with Gasteiger partial charge in [-0.05, 0) is 29.7 Å². The summed E-state index contributed by atoms with van der Waals surface area (Å²) < 4.78 is 37.1. The highest BCUT2D eigenvalue weighted by Gasteiger charge is 2.16. The molecule has 0 radical (unpaired) electrons. The van der Waals surface area contributed by atoms with E-state index in [0.717, 1.165) is 5.56 Å². The molecule has 1 aromatic rings. The van der Waals surface area contributed by atoms with Crippen LogP contribution < -0.4 is 9.50 Å². The van der Waals surface area contributed by atoms with Gasteiger partial charge in [0.25, 0.3) is 0 Å². The molecule has 0 saturated carbocycles. The van der Waals surface area contributed by atoms with Crippen LogP contribution in [0.25, 0.3) is 0 Å². The lowest BCUT2D eigenvalue weighted by Crippen LogP contribution is -2.24. The van der Waals surface area contributed by atoms with Crippen LogP contribution in [0.4, 0.5) is 3.89 Å². The van der Waals surface area contributed by atoms with Crippen molar-refractivity contribution in [3.8, 4) is 5.75 Å². The van der Waals surface area contributed by atoms with Crippen LogP contribution in [0.5, 0.6) is 5.75 Å². The van der Waals surface area contributed by atoms with Crippen LogP contribution in [0.1, 0.15) is 11.1 Å². The molecule has 1 aliphatic rings. The fraction of sp³-hybridized carbons (Fsp3) is 0.300. The van der Waals surface area contributed by atoms with Crippen LogP contribution in [0, 0.1) is 0 Å². The summed E-state index contributed by atoms with van der Waals surface area (Å²) in [5, 5.41) is 2.69. The summed E-state index contributed by atoms with van der Waals surface area (Å²) in [5.41, 5.74) is 1.58. The van der Waals surface area contributed by atoms with E-state index in [0.29, 0.717) is 18.5 Å². The minimum atomic E-state index is -5.03. The van der Waals surface area contributed by atoms with Gasteiger partial charge in [0.15, 0.2) is 0 Å². The molecule has 0 aromatic heterocycles. The van der Waals surface area contributed by atoms with Gasteiger partial charge < -0.3 is 9.50 Å². The quantitative estimate of drug-likeness (QED) is 0.785. The molecule has 2 rings (SSSR count). The fourth-order valence-corrected chi connectivity index (χ4v) is 2.08. The van der Waals surface area contributed by atoms with E-state index in [2.05, 4.69) is 9.50 Å². The van der Waals surface area contributed by atoms with Crippen molar-refractivity contribution >= 4 is 16.4 Å². The smallest absolute Gasteiger partial charge is 0.358 e. The van der Waals surface area contributed by atoms with Crippen molar-refractivity contribution in [1.29, 1.82) is 0 Å². The molecule has 1 aliphatic heterocycles. The van der Waals surface area contributed by atoms with Crippen molar-refractivity contribution in [3.63, 3.8) is 0 Å². The summed E-state index contributed by atoms with van der Waals surface area (Å²) in [6.07, 6.45) is 0.794. The molecule has 1 amide bonds. The maximum Gasteiger partial charge on any atom is 0.488 e. The number of fused-ring (bicyclic) bond motifs is 1. The molecule has 5 nitrogen and oxygen atoms in total. The summed E-state index contributed by atoms with van der Waals surface area (Å²) in [6, 6.07) is 4.37. The Bertz CT molecular complexity index is 555. The first-order chi connectivity index (χ1) is 7.94. The van der Waals surface area contributed by atoms with Gasteiger partial charge >= 0.3 is 10.5 Å².